The van der Waals surface area contributed by atoms with Crippen molar-refractivity contribution in [2.24, 2.45) is 11.8 Å². The maximum absolute atomic E-state index is 6.28. The van der Waals surface area contributed by atoms with E-state index in [1.54, 1.807) is 22.5 Å². The van der Waals surface area contributed by atoms with E-state index >= 15 is 0 Å². The number of benzene rings is 1. The summed E-state index contributed by atoms with van der Waals surface area (Å²) >= 11 is 8.03. The molecule has 1 nitrogen and oxygen atoms in total. The van der Waals surface area contributed by atoms with Crippen molar-refractivity contribution in [3.05, 3.63) is 56.2 Å². The minimum atomic E-state index is 0.447. The van der Waals surface area contributed by atoms with Crippen LogP contribution in [0.4, 0.5) is 0 Å². The molecule has 2 aliphatic rings. The van der Waals surface area contributed by atoms with Crippen molar-refractivity contribution in [2.75, 3.05) is 7.05 Å². The van der Waals surface area contributed by atoms with Crippen LogP contribution in [0.15, 0.2) is 30.3 Å². The average Bonchev–Trinajstić information content (AvgIpc) is 3.13. The fraction of sp³-hybridized carbons (Fsp3) is 0.444. The minimum absolute atomic E-state index is 0.447. The van der Waals surface area contributed by atoms with Gasteiger partial charge in [0.1, 0.15) is 0 Å². The van der Waals surface area contributed by atoms with Crippen molar-refractivity contribution in [3.63, 3.8) is 0 Å². The molecule has 4 unspecified atom stereocenters. The summed E-state index contributed by atoms with van der Waals surface area (Å²) in [6.07, 6.45) is 2.58. The molecule has 1 aromatic carbocycles. The van der Waals surface area contributed by atoms with Crippen LogP contribution in [0.3, 0.4) is 0 Å². The lowest BCUT2D eigenvalue weighted by molar-refractivity contribution is 0.491. The van der Waals surface area contributed by atoms with Crippen LogP contribution in [0.1, 0.15) is 39.9 Å². The van der Waals surface area contributed by atoms with E-state index in [1.165, 1.54) is 23.3 Å². The summed E-state index contributed by atoms with van der Waals surface area (Å²) in [6, 6.07) is 11.7. The molecular formula is C18H20ClNS. The number of halogens is 1. The Morgan fingerprint density at radius 1 is 1.33 bits per heavy atom. The van der Waals surface area contributed by atoms with Crippen LogP contribution >= 0.6 is 22.9 Å². The molecule has 1 heterocycles. The zero-order chi connectivity index (χ0) is 14.6. The number of fused-ring (bicyclic) bond motifs is 3. The Balaban J connectivity index is 1.66. The average molecular weight is 318 g/mol. The van der Waals surface area contributed by atoms with Gasteiger partial charge in [0, 0.05) is 10.9 Å². The van der Waals surface area contributed by atoms with Gasteiger partial charge < -0.3 is 5.32 Å². The van der Waals surface area contributed by atoms with Crippen LogP contribution in [0.5, 0.6) is 0 Å². The zero-order valence-electron chi connectivity index (χ0n) is 12.4. The molecule has 0 aliphatic heterocycles. The van der Waals surface area contributed by atoms with E-state index in [0.717, 1.165) is 22.1 Å². The van der Waals surface area contributed by atoms with Gasteiger partial charge in [-0.2, -0.15) is 0 Å². The van der Waals surface area contributed by atoms with Gasteiger partial charge in [-0.05, 0) is 67.3 Å². The molecule has 0 amide bonds. The fourth-order valence-electron chi connectivity index (χ4n) is 4.24. The first-order valence-electron chi connectivity index (χ1n) is 7.71. The van der Waals surface area contributed by atoms with Gasteiger partial charge >= 0.3 is 0 Å². The minimum Gasteiger partial charge on any atom is -0.312 e. The van der Waals surface area contributed by atoms with Crippen molar-refractivity contribution >= 4 is 22.9 Å². The van der Waals surface area contributed by atoms with E-state index in [2.05, 4.69) is 49.6 Å². The van der Waals surface area contributed by atoms with Gasteiger partial charge in [0.25, 0.3) is 0 Å². The Kier molecular flexibility index (Phi) is 3.36. The van der Waals surface area contributed by atoms with E-state index in [-0.39, 0.29) is 0 Å². The number of rotatable bonds is 3. The lowest BCUT2D eigenvalue weighted by Gasteiger charge is -2.15. The molecule has 0 saturated heterocycles. The van der Waals surface area contributed by atoms with Gasteiger partial charge in [-0.15, -0.1) is 11.3 Å². The molecule has 1 fully saturated rings. The molecule has 3 heteroatoms. The van der Waals surface area contributed by atoms with Crippen molar-refractivity contribution < 1.29 is 0 Å². The van der Waals surface area contributed by atoms with Crippen LogP contribution < -0.4 is 5.32 Å². The summed E-state index contributed by atoms with van der Waals surface area (Å²) in [5.74, 6) is 2.32. The molecule has 4 rings (SSSR count). The largest absolute Gasteiger partial charge is 0.312 e. The van der Waals surface area contributed by atoms with Gasteiger partial charge in [0.15, 0.2) is 0 Å². The van der Waals surface area contributed by atoms with Crippen LogP contribution in [0.2, 0.25) is 4.34 Å². The molecule has 4 atom stereocenters. The highest BCUT2D eigenvalue weighted by Gasteiger charge is 2.56. The van der Waals surface area contributed by atoms with Gasteiger partial charge in [-0.25, -0.2) is 0 Å². The predicted molar refractivity (Wildman–Crippen MR) is 90.4 cm³/mol. The Morgan fingerprint density at radius 2 is 2.14 bits per heavy atom. The Hall–Kier alpha value is -0.830. The van der Waals surface area contributed by atoms with E-state index in [1.807, 2.05) is 0 Å². The first-order valence-corrected chi connectivity index (χ1v) is 8.91. The summed E-state index contributed by atoms with van der Waals surface area (Å²) in [7, 11) is 2.09. The van der Waals surface area contributed by atoms with E-state index in [4.69, 9.17) is 11.6 Å². The predicted octanol–water partition coefficient (Wildman–Crippen LogP) is 4.95. The van der Waals surface area contributed by atoms with E-state index in [9.17, 15) is 0 Å². The van der Waals surface area contributed by atoms with E-state index < -0.39 is 0 Å². The molecule has 2 aromatic rings. The van der Waals surface area contributed by atoms with Crippen molar-refractivity contribution in [1.82, 2.24) is 5.32 Å². The summed E-state index contributed by atoms with van der Waals surface area (Å²) in [5.41, 5.74) is 4.37. The van der Waals surface area contributed by atoms with Gasteiger partial charge in [-0.3, -0.25) is 0 Å². The third kappa shape index (κ3) is 2.16. The monoisotopic (exact) mass is 317 g/mol. The lowest BCUT2D eigenvalue weighted by atomic mass is 9.92. The number of aryl methyl sites for hydroxylation is 2. The summed E-state index contributed by atoms with van der Waals surface area (Å²) in [6.45, 7) is 2.10. The first-order chi connectivity index (χ1) is 10.2. The molecule has 21 heavy (non-hydrogen) atoms. The second-order valence-electron chi connectivity index (χ2n) is 6.38. The highest BCUT2D eigenvalue weighted by Crippen LogP contribution is 2.64. The van der Waals surface area contributed by atoms with Crippen LogP contribution in [0.25, 0.3) is 0 Å². The highest BCUT2D eigenvalue weighted by atomic mass is 35.5. The van der Waals surface area contributed by atoms with E-state index in [0.29, 0.717) is 6.04 Å². The first kappa shape index (κ1) is 13.8. The lowest BCUT2D eigenvalue weighted by Crippen LogP contribution is -2.18. The third-order valence-corrected chi connectivity index (χ3v) is 6.91. The molecule has 0 spiro atoms. The van der Waals surface area contributed by atoms with Gasteiger partial charge in [0.2, 0.25) is 0 Å². The summed E-state index contributed by atoms with van der Waals surface area (Å²) in [5, 5.41) is 3.56. The van der Waals surface area contributed by atoms with Gasteiger partial charge in [-0.1, -0.05) is 35.9 Å². The summed E-state index contributed by atoms with van der Waals surface area (Å²) < 4.78 is 0.939. The standard InChI is InChI=1S/C18H20ClNS/c1-10-9-14(21-18(10)19)17(20-2)16-13-8-7-11-5-3-4-6-12(11)15(13)16/h3-6,9,13,15-17,20H,7-8H2,1-2H3. The van der Waals surface area contributed by atoms with Crippen molar-refractivity contribution in [3.8, 4) is 0 Å². The summed E-state index contributed by atoms with van der Waals surface area (Å²) in [4.78, 5) is 1.40. The number of nitrogens with one attached hydrogen (secondary N) is 1. The zero-order valence-corrected chi connectivity index (χ0v) is 14.0. The Morgan fingerprint density at radius 3 is 2.86 bits per heavy atom. The molecule has 1 aromatic heterocycles. The number of hydrogen-bond donors (Lipinski definition) is 1. The topological polar surface area (TPSA) is 12.0 Å². The third-order valence-electron chi connectivity index (χ3n) is 5.27. The molecule has 1 N–H and O–H groups in total. The number of thiophene rings is 1. The fourth-order valence-corrected chi connectivity index (χ4v) is 5.62. The molecule has 0 bridgehead atoms. The Labute approximate surface area is 135 Å². The van der Waals surface area contributed by atoms with Crippen molar-refractivity contribution in [2.45, 2.75) is 31.7 Å². The number of hydrogen-bond acceptors (Lipinski definition) is 2. The molecule has 1 saturated carbocycles. The van der Waals surface area contributed by atoms with Crippen molar-refractivity contribution in [1.29, 1.82) is 0 Å². The second-order valence-corrected chi connectivity index (χ2v) is 8.06. The maximum Gasteiger partial charge on any atom is 0.0960 e. The normalized spacial score (nSPS) is 27.9. The quantitative estimate of drug-likeness (QED) is 0.845. The highest BCUT2D eigenvalue weighted by molar-refractivity contribution is 7.16. The molecular weight excluding hydrogens is 298 g/mol. The Bertz CT molecular complexity index is 658. The molecule has 0 radical (unpaired) electrons. The molecule has 2 aliphatic carbocycles. The molecule has 110 valence electrons. The van der Waals surface area contributed by atoms with Crippen LogP contribution in [-0.4, -0.2) is 7.05 Å². The van der Waals surface area contributed by atoms with Crippen LogP contribution in [-0.2, 0) is 6.42 Å². The maximum atomic E-state index is 6.28. The smallest absolute Gasteiger partial charge is 0.0960 e. The van der Waals surface area contributed by atoms with Crippen LogP contribution in [0, 0.1) is 18.8 Å². The van der Waals surface area contributed by atoms with Gasteiger partial charge in [0.05, 0.1) is 4.34 Å². The second kappa shape index (κ2) is 5.12. The SMILES string of the molecule is CNC(c1cc(C)c(Cl)s1)C1C2CCc3ccccc3C21.